The van der Waals surface area contributed by atoms with Gasteiger partial charge in [0.05, 0.1) is 0 Å². The highest BCUT2D eigenvalue weighted by molar-refractivity contribution is 6.19. The minimum atomic E-state index is -0.408. The summed E-state index contributed by atoms with van der Waals surface area (Å²) in [6.07, 6.45) is 4.02. The molecule has 58 valence electrons. The Kier molecular flexibility index (Phi) is 1.50. The SMILES string of the molecule is [B]C1(C)C=Cc2ccccc2N1. The van der Waals surface area contributed by atoms with Crippen LogP contribution in [0.4, 0.5) is 5.69 Å². The normalized spacial score (nSPS) is 26.1. The van der Waals surface area contributed by atoms with Crippen LogP contribution in [0.1, 0.15) is 12.5 Å². The molecule has 12 heavy (non-hydrogen) atoms. The molecule has 1 nitrogen and oxygen atoms in total. The van der Waals surface area contributed by atoms with Crippen molar-refractivity contribution in [2.45, 2.75) is 12.4 Å². The van der Waals surface area contributed by atoms with Gasteiger partial charge in [-0.05, 0) is 18.6 Å². The zero-order valence-electron chi connectivity index (χ0n) is 7.04. The molecule has 2 rings (SSSR count). The zero-order valence-corrected chi connectivity index (χ0v) is 7.04. The van der Waals surface area contributed by atoms with Gasteiger partial charge in [-0.3, -0.25) is 0 Å². The van der Waals surface area contributed by atoms with E-state index in [0.29, 0.717) is 0 Å². The monoisotopic (exact) mass is 155 g/mol. The van der Waals surface area contributed by atoms with Crippen LogP contribution >= 0.6 is 0 Å². The summed E-state index contributed by atoms with van der Waals surface area (Å²) in [6, 6.07) is 8.11. The standard InChI is InChI=1S/C10H10BN/c1-10(11)7-6-8-4-2-3-5-9(8)12-10/h2-7,12H,1H3. The molecule has 1 aromatic rings. The zero-order chi connectivity index (χ0) is 8.60. The maximum atomic E-state index is 5.89. The van der Waals surface area contributed by atoms with E-state index in [-0.39, 0.29) is 0 Å². The van der Waals surface area contributed by atoms with Crippen molar-refractivity contribution >= 4 is 19.6 Å². The van der Waals surface area contributed by atoms with E-state index in [1.807, 2.05) is 37.3 Å². The first-order valence-corrected chi connectivity index (χ1v) is 4.03. The van der Waals surface area contributed by atoms with Gasteiger partial charge in [-0.25, -0.2) is 0 Å². The molecule has 1 aliphatic heterocycles. The average molecular weight is 155 g/mol. The van der Waals surface area contributed by atoms with Gasteiger partial charge in [-0.15, -0.1) is 0 Å². The van der Waals surface area contributed by atoms with Crippen molar-refractivity contribution in [3.05, 3.63) is 35.9 Å². The Morgan fingerprint density at radius 3 is 2.92 bits per heavy atom. The number of hydrogen-bond acceptors (Lipinski definition) is 1. The third-order valence-corrected chi connectivity index (χ3v) is 1.97. The Hall–Kier alpha value is -1.18. The Bertz CT molecular complexity index is 328. The van der Waals surface area contributed by atoms with Crippen molar-refractivity contribution in [3.8, 4) is 0 Å². The summed E-state index contributed by atoms with van der Waals surface area (Å²) in [4.78, 5) is 0. The number of hydrogen-bond donors (Lipinski definition) is 1. The number of anilines is 1. The van der Waals surface area contributed by atoms with E-state index >= 15 is 0 Å². The molecule has 2 heteroatoms. The topological polar surface area (TPSA) is 12.0 Å². The molecule has 2 radical (unpaired) electrons. The Morgan fingerprint density at radius 1 is 1.33 bits per heavy atom. The molecule has 1 heterocycles. The van der Waals surface area contributed by atoms with E-state index < -0.39 is 5.44 Å². The predicted molar refractivity (Wildman–Crippen MR) is 53.3 cm³/mol. The van der Waals surface area contributed by atoms with E-state index in [4.69, 9.17) is 7.85 Å². The molecule has 0 saturated carbocycles. The second-order valence-electron chi connectivity index (χ2n) is 3.33. The quantitative estimate of drug-likeness (QED) is 0.565. The van der Waals surface area contributed by atoms with E-state index in [0.717, 1.165) is 5.69 Å². The van der Waals surface area contributed by atoms with E-state index in [1.165, 1.54) is 5.56 Å². The Balaban J connectivity index is 2.46. The molecule has 0 spiro atoms. The first-order chi connectivity index (χ1) is 5.67. The number of benzene rings is 1. The summed E-state index contributed by atoms with van der Waals surface area (Å²) in [5, 5.41) is 3.23. The van der Waals surface area contributed by atoms with Gasteiger partial charge in [0.15, 0.2) is 0 Å². The van der Waals surface area contributed by atoms with Crippen LogP contribution in [0.5, 0.6) is 0 Å². The largest absolute Gasteiger partial charge is 0.384 e. The molecule has 1 aromatic carbocycles. The van der Waals surface area contributed by atoms with Crippen LogP contribution in [0, 0.1) is 0 Å². The van der Waals surface area contributed by atoms with Crippen LogP contribution in [0.15, 0.2) is 30.3 Å². The first-order valence-electron chi connectivity index (χ1n) is 4.03. The van der Waals surface area contributed by atoms with Gasteiger partial charge in [0.1, 0.15) is 7.85 Å². The highest BCUT2D eigenvalue weighted by atomic mass is 14.9. The molecule has 1 unspecified atom stereocenters. The highest BCUT2D eigenvalue weighted by Crippen LogP contribution is 2.25. The van der Waals surface area contributed by atoms with E-state index in [9.17, 15) is 0 Å². The summed E-state index contributed by atoms with van der Waals surface area (Å²) in [7, 11) is 5.89. The highest BCUT2D eigenvalue weighted by Gasteiger charge is 2.17. The van der Waals surface area contributed by atoms with Gasteiger partial charge in [0.25, 0.3) is 0 Å². The number of fused-ring (bicyclic) bond motifs is 1. The van der Waals surface area contributed by atoms with Crippen molar-refractivity contribution in [3.63, 3.8) is 0 Å². The lowest BCUT2D eigenvalue weighted by molar-refractivity contribution is 0.895. The number of nitrogens with one attached hydrogen (secondary N) is 1. The van der Waals surface area contributed by atoms with Gasteiger partial charge >= 0.3 is 0 Å². The van der Waals surface area contributed by atoms with Gasteiger partial charge in [-0.1, -0.05) is 30.4 Å². The predicted octanol–water partition coefficient (Wildman–Crippen LogP) is 2.01. The third-order valence-electron chi connectivity index (χ3n) is 1.97. The minimum Gasteiger partial charge on any atom is -0.384 e. The summed E-state index contributed by atoms with van der Waals surface area (Å²) in [6.45, 7) is 1.94. The number of para-hydroxylation sites is 1. The van der Waals surface area contributed by atoms with Gasteiger partial charge in [0, 0.05) is 11.1 Å². The van der Waals surface area contributed by atoms with Crippen molar-refractivity contribution in [2.24, 2.45) is 0 Å². The van der Waals surface area contributed by atoms with Crippen molar-refractivity contribution < 1.29 is 0 Å². The Morgan fingerprint density at radius 2 is 2.08 bits per heavy atom. The van der Waals surface area contributed by atoms with E-state index in [2.05, 4.69) is 11.4 Å². The fraction of sp³-hybridized carbons (Fsp3) is 0.200. The van der Waals surface area contributed by atoms with Crippen molar-refractivity contribution in [1.29, 1.82) is 0 Å². The summed E-state index contributed by atoms with van der Waals surface area (Å²) >= 11 is 0. The molecule has 1 N–H and O–H groups in total. The lowest BCUT2D eigenvalue weighted by Gasteiger charge is -2.29. The molecule has 0 fully saturated rings. The molecule has 0 bridgehead atoms. The molecule has 0 amide bonds. The summed E-state index contributed by atoms with van der Waals surface area (Å²) in [5.74, 6) is 0. The fourth-order valence-corrected chi connectivity index (χ4v) is 1.35. The molecule has 0 aromatic heterocycles. The lowest BCUT2D eigenvalue weighted by atomic mass is 9.77. The van der Waals surface area contributed by atoms with Crippen LogP contribution < -0.4 is 5.32 Å². The number of rotatable bonds is 0. The van der Waals surface area contributed by atoms with Crippen LogP contribution in [0.2, 0.25) is 0 Å². The fourth-order valence-electron chi connectivity index (χ4n) is 1.35. The maximum Gasteiger partial charge on any atom is 0.109 e. The molecule has 1 atom stereocenters. The van der Waals surface area contributed by atoms with Gasteiger partial charge in [0.2, 0.25) is 0 Å². The van der Waals surface area contributed by atoms with Crippen molar-refractivity contribution in [2.75, 3.05) is 5.32 Å². The van der Waals surface area contributed by atoms with Crippen LogP contribution in [-0.4, -0.2) is 13.3 Å². The first kappa shape index (κ1) is 7.47. The summed E-state index contributed by atoms with van der Waals surface area (Å²) in [5.41, 5.74) is 1.89. The molecular formula is C10H10BN. The minimum absolute atomic E-state index is 0.408. The second-order valence-corrected chi connectivity index (χ2v) is 3.33. The molecule has 0 aliphatic carbocycles. The molecule has 1 aliphatic rings. The van der Waals surface area contributed by atoms with Gasteiger partial charge < -0.3 is 5.32 Å². The maximum absolute atomic E-state index is 5.89. The Labute approximate surface area is 73.9 Å². The lowest BCUT2D eigenvalue weighted by Crippen LogP contribution is -2.34. The van der Waals surface area contributed by atoms with Crippen LogP contribution in [0.3, 0.4) is 0 Å². The smallest absolute Gasteiger partial charge is 0.109 e. The second kappa shape index (κ2) is 2.41. The molecular weight excluding hydrogens is 145 g/mol. The average Bonchev–Trinajstić information content (AvgIpc) is 2.02. The summed E-state index contributed by atoms with van der Waals surface area (Å²) < 4.78 is 0. The van der Waals surface area contributed by atoms with Crippen molar-refractivity contribution in [1.82, 2.24) is 0 Å². The van der Waals surface area contributed by atoms with E-state index in [1.54, 1.807) is 0 Å². The third kappa shape index (κ3) is 1.25. The van der Waals surface area contributed by atoms with Crippen LogP contribution in [-0.2, 0) is 0 Å². The van der Waals surface area contributed by atoms with Gasteiger partial charge in [-0.2, -0.15) is 0 Å². The molecule has 0 saturated heterocycles. The van der Waals surface area contributed by atoms with Crippen LogP contribution in [0.25, 0.3) is 6.08 Å².